The largest absolute Gasteiger partial charge is 0.405 e. The maximum absolute atomic E-state index is 11.7. The fourth-order valence-corrected chi connectivity index (χ4v) is 0.602. The van der Waals surface area contributed by atoms with E-state index in [2.05, 4.69) is 10.3 Å². The van der Waals surface area contributed by atoms with Gasteiger partial charge in [0, 0.05) is 0 Å². The minimum absolute atomic E-state index is 0.330. The standard InChI is InChI=1S/C7H13F3N2O2/c1-3-14-12-5(2)6(13)11-4-7(8,9)10/h5,12H,3-4H2,1-2H3,(H,11,13). The highest BCUT2D eigenvalue weighted by Gasteiger charge is 2.28. The molecule has 0 fully saturated rings. The molecule has 0 aliphatic carbocycles. The van der Waals surface area contributed by atoms with Crippen molar-refractivity contribution in [2.24, 2.45) is 0 Å². The van der Waals surface area contributed by atoms with Gasteiger partial charge < -0.3 is 10.2 Å². The third kappa shape index (κ3) is 6.67. The zero-order valence-electron chi connectivity index (χ0n) is 7.94. The molecule has 0 aliphatic heterocycles. The summed E-state index contributed by atoms with van der Waals surface area (Å²) in [5, 5.41) is 1.72. The molecule has 0 aromatic rings. The number of halogens is 3. The van der Waals surface area contributed by atoms with Crippen LogP contribution in [-0.4, -0.2) is 31.3 Å². The summed E-state index contributed by atoms with van der Waals surface area (Å²) in [6.07, 6.45) is -4.39. The van der Waals surface area contributed by atoms with Gasteiger partial charge in [0.05, 0.1) is 6.61 Å². The van der Waals surface area contributed by atoms with Gasteiger partial charge >= 0.3 is 6.18 Å². The first-order chi connectivity index (χ1) is 6.37. The van der Waals surface area contributed by atoms with Gasteiger partial charge in [-0.2, -0.15) is 18.7 Å². The molecule has 14 heavy (non-hydrogen) atoms. The average molecular weight is 214 g/mol. The summed E-state index contributed by atoms with van der Waals surface area (Å²) in [4.78, 5) is 15.6. The van der Waals surface area contributed by atoms with Gasteiger partial charge in [-0.15, -0.1) is 0 Å². The summed E-state index contributed by atoms with van der Waals surface area (Å²) in [5.74, 6) is -0.754. The van der Waals surface area contributed by atoms with E-state index >= 15 is 0 Å². The second kappa shape index (κ2) is 5.82. The number of carbonyl (C=O) groups excluding carboxylic acids is 1. The molecular formula is C7H13F3N2O2. The van der Waals surface area contributed by atoms with Crippen LogP contribution in [-0.2, 0) is 9.63 Å². The molecule has 0 saturated carbocycles. The van der Waals surface area contributed by atoms with Gasteiger partial charge in [0.25, 0.3) is 0 Å². The Kier molecular flexibility index (Phi) is 5.47. The molecule has 1 atom stereocenters. The van der Waals surface area contributed by atoms with E-state index in [0.29, 0.717) is 6.61 Å². The Bertz CT molecular complexity index is 184. The Morgan fingerprint density at radius 1 is 1.50 bits per heavy atom. The Hall–Kier alpha value is -0.820. The Morgan fingerprint density at radius 3 is 2.50 bits per heavy atom. The zero-order valence-corrected chi connectivity index (χ0v) is 7.94. The molecule has 1 unspecified atom stereocenters. The molecule has 7 heteroatoms. The molecule has 84 valence electrons. The summed E-state index contributed by atoms with van der Waals surface area (Å²) in [7, 11) is 0. The molecule has 0 radical (unpaired) electrons. The minimum Gasteiger partial charge on any atom is -0.346 e. The van der Waals surface area contributed by atoms with Gasteiger partial charge in [0.1, 0.15) is 12.6 Å². The topological polar surface area (TPSA) is 50.4 Å². The lowest BCUT2D eigenvalue weighted by Crippen LogP contribution is -2.45. The van der Waals surface area contributed by atoms with Crippen LogP contribution in [0.3, 0.4) is 0 Å². The van der Waals surface area contributed by atoms with Gasteiger partial charge in [-0.25, -0.2) is 0 Å². The normalized spacial score (nSPS) is 13.8. The van der Waals surface area contributed by atoms with E-state index in [0.717, 1.165) is 0 Å². The second-order valence-corrected chi connectivity index (χ2v) is 2.61. The SMILES string of the molecule is CCONC(C)C(=O)NCC(F)(F)F. The molecule has 0 aliphatic rings. The number of hydrogen-bond acceptors (Lipinski definition) is 3. The van der Waals surface area contributed by atoms with E-state index in [9.17, 15) is 18.0 Å². The van der Waals surface area contributed by atoms with Gasteiger partial charge in [0.15, 0.2) is 0 Å². The van der Waals surface area contributed by atoms with Crippen LogP contribution < -0.4 is 10.8 Å². The molecule has 0 heterocycles. The van der Waals surface area contributed by atoms with Gasteiger partial charge in [0.2, 0.25) is 5.91 Å². The van der Waals surface area contributed by atoms with E-state index in [4.69, 9.17) is 0 Å². The van der Waals surface area contributed by atoms with E-state index in [-0.39, 0.29) is 0 Å². The van der Waals surface area contributed by atoms with Gasteiger partial charge in [-0.3, -0.25) is 4.79 Å². The summed E-state index contributed by atoms with van der Waals surface area (Å²) in [6.45, 7) is 2.09. The van der Waals surface area contributed by atoms with Gasteiger partial charge in [-0.05, 0) is 13.8 Å². The average Bonchev–Trinajstić information content (AvgIpc) is 2.09. The van der Waals surface area contributed by atoms with Crippen molar-refractivity contribution in [2.75, 3.05) is 13.2 Å². The monoisotopic (exact) mass is 214 g/mol. The van der Waals surface area contributed by atoms with Crippen LogP contribution in [0.4, 0.5) is 13.2 Å². The van der Waals surface area contributed by atoms with E-state index in [1.807, 2.05) is 0 Å². The number of hydroxylamine groups is 1. The Morgan fingerprint density at radius 2 is 2.07 bits per heavy atom. The predicted molar refractivity (Wildman–Crippen MR) is 43.3 cm³/mol. The number of alkyl halides is 3. The van der Waals surface area contributed by atoms with Crippen molar-refractivity contribution < 1.29 is 22.8 Å². The summed E-state index contributed by atoms with van der Waals surface area (Å²) in [6, 6.07) is -0.808. The van der Waals surface area contributed by atoms with Crippen LogP contribution in [0.5, 0.6) is 0 Å². The quantitative estimate of drug-likeness (QED) is 0.659. The predicted octanol–water partition coefficient (Wildman–Crippen LogP) is 0.594. The summed E-state index contributed by atoms with van der Waals surface area (Å²) >= 11 is 0. The number of rotatable bonds is 5. The highest BCUT2D eigenvalue weighted by atomic mass is 19.4. The van der Waals surface area contributed by atoms with Crippen molar-refractivity contribution in [3.63, 3.8) is 0 Å². The maximum atomic E-state index is 11.7. The molecule has 0 aromatic heterocycles. The third-order valence-electron chi connectivity index (χ3n) is 1.26. The van der Waals surface area contributed by atoms with Crippen molar-refractivity contribution in [3.05, 3.63) is 0 Å². The number of carbonyl (C=O) groups is 1. The van der Waals surface area contributed by atoms with E-state index in [1.165, 1.54) is 6.92 Å². The Labute approximate surface area is 79.8 Å². The van der Waals surface area contributed by atoms with Crippen molar-refractivity contribution in [2.45, 2.75) is 26.1 Å². The number of amides is 1. The van der Waals surface area contributed by atoms with Crippen LogP contribution >= 0.6 is 0 Å². The second-order valence-electron chi connectivity index (χ2n) is 2.61. The first-order valence-corrected chi connectivity index (χ1v) is 4.08. The highest BCUT2D eigenvalue weighted by Crippen LogP contribution is 2.12. The lowest BCUT2D eigenvalue weighted by Gasteiger charge is -2.14. The summed E-state index contributed by atoms with van der Waals surface area (Å²) < 4.78 is 35.0. The first kappa shape index (κ1) is 13.2. The highest BCUT2D eigenvalue weighted by molar-refractivity contribution is 5.81. The first-order valence-electron chi connectivity index (χ1n) is 4.08. The van der Waals surface area contributed by atoms with Crippen LogP contribution in [0, 0.1) is 0 Å². The fourth-order valence-electron chi connectivity index (χ4n) is 0.602. The minimum atomic E-state index is -4.39. The van der Waals surface area contributed by atoms with Crippen LogP contribution in [0.2, 0.25) is 0 Å². The van der Waals surface area contributed by atoms with Crippen molar-refractivity contribution in [3.8, 4) is 0 Å². The molecule has 1 amide bonds. The van der Waals surface area contributed by atoms with Crippen LogP contribution in [0.1, 0.15) is 13.8 Å². The van der Waals surface area contributed by atoms with Crippen molar-refractivity contribution in [1.82, 2.24) is 10.8 Å². The van der Waals surface area contributed by atoms with E-state index in [1.54, 1.807) is 12.2 Å². The van der Waals surface area contributed by atoms with Crippen LogP contribution in [0.25, 0.3) is 0 Å². The smallest absolute Gasteiger partial charge is 0.346 e. The molecule has 4 nitrogen and oxygen atoms in total. The molecule has 0 bridgehead atoms. The third-order valence-corrected chi connectivity index (χ3v) is 1.26. The fraction of sp³-hybridized carbons (Fsp3) is 0.857. The van der Waals surface area contributed by atoms with Crippen LogP contribution in [0.15, 0.2) is 0 Å². The molecule has 0 spiro atoms. The summed E-state index contributed by atoms with van der Waals surface area (Å²) in [5.41, 5.74) is 2.29. The lowest BCUT2D eigenvalue weighted by atomic mass is 10.3. The van der Waals surface area contributed by atoms with E-state index < -0.39 is 24.7 Å². The number of nitrogens with one attached hydrogen (secondary N) is 2. The van der Waals surface area contributed by atoms with Gasteiger partial charge in [-0.1, -0.05) is 0 Å². The number of hydrogen-bond donors (Lipinski definition) is 2. The molecule has 2 N–H and O–H groups in total. The molecule has 0 saturated heterocycles. The molecule has 0 rings (SSSR count). The van der Waals surface area contributed by atoms with Crippen molar-refractivity contribution in [1.29, 1.82) is 0 Å². The molecule has 0 aromatic carbocycles. The van der Waals surface area contributed by atoms with Crippen molar-refractivity contribution >= 4 is 5.91 Å². The Balaban J connectivity index is 3.73. The lowest BCUT2D eigenvalue weighted by molar-refractivity contribution is -0.141. The zero-order chi connectivity index (χ0) is 11.2. The molecular weight excluding hydrogens is 201 g/mol. The maximum Gasteiger partial charge on any atom is 0.405 e.